The molecular weight excluding hydrogens is 320 g/mol. The van der Waals surface area contributed by atoms with Gasteiger partial charge in [-0.25, -0.2) is 9.48 Å². The first-order chi connectivity index (χ1) is 12.2. The Bertz CT molecular complexity index is 1140. The lowest BCUT2D eigenvalue weighted by molar-refractivity contribution is 0.0526. The van der Waals surface area contributed by atoms with Crippen LogP contribution >= 0.6 is 0 Å². The van der Waals surface area contributed by atoms with E-state index in [0.717, 1.165) is 5.39 Å². The molecule has 2 aromatic carbocycles. The summed E-state index contributed by atoms with van der Waals surface area (Å²) in [4.78, 5) is 24.4. The summed E-state index contributed by atoms with van der Waals surface area (Å²) < 4.78 is 6.35. The summed E-state index contributed by atoms with van der Waals surface area (Å²) in [6.45, 7) is 2.06. The van der Waals surface area contributed by atoms with Gasteiger partial charge in [0.05, 0.1) is 28.9 Å². The number of aromatic amines is 1. The predicted octanol–water partition coefficient (Wildman–Crippen LogP) is 2.44. The van der Waals surface area contributed by atoms with Crippen LogP contribution in [0.15, 0.2) is 53.3 Å². The summed E-state index contributed by atoms with van der Waals surface area (Å²) >= 11 is 0. The van der Waals surface area contributed by atoms with E-state index in [2.05, 4.69) is 15.3 Å². The van der Waals surface area contributed by atoms with Crippen molar-refractivity contribution in [3.8, 4) is 5.69 Å². The summed E-state index contributed by atoms with van der Waals surface area (Å²) in [5.41, 5.74) is 2.34. The summed E-state index contributed by atoms with van der Waals surface area (Å²) in [6.07, 6.45) is 0. The average Bonchev–Trinajstić information content (AvgIpc) is 2.99. The highest BCUT2D eigenvalue weighted by molar-refractivity contribution is 6.00. The molecule has 0 atom stereocenters. The van der Waals surface area contributed by atoms with Gasteiger partial charge in [0, 0.05) is 5.39 Å². The Morgan fingerprint density at radius 1 is 1.12 bits per heavy atom. The van der Waals surface area contributed by atoms with Crippen LogP contribution in [0, 0.1) is 0 Å². The van der Waals surface area contributed by atoms with Gasteiger partial charge in [0.15, 0.2) is 5.52 Å². The standard InChI is InChI=1S/C18H14N4O3/c1-2-25-18(24)11-7-9-12(10-8-11)22-17(23)16-15(21-22)13-5-3-4-6-14(13)19-20-16/h3-10,21H,2H2,1H3. The summed E-state index contributed by atoms with van der Waals surface area (Å²) in [5, 5.41) is 12.0. The first-order valence-corrected chi connectivity index (χ1v) is 7.82. The zero-order valence-electron chi connectivity index (χ0n) is 13.4. The highest BCUT2D eigenvalue weighted by atomic mass is 16.5. The molecule has 4 rings (SSSR count). The molecule has 124 valence electrons. The van der Waals surface area contributed by atoms with E-state index in [4.69, 9.17) is 4.74 Å². The van der Waals surface area contributed by atoms with Gasteiger partial charge in [0.1, 0.15) is 0 Å². The third kappa shape index (κ3) is 2.46. The maximum absolute atomic E-state index is 12.6. The van der Waals surface area contributed by atoms with Gasteiger partial charge in [-0.15, -0.1) is 10.2 Å². The zero-order chi connectivity index (χ0) is 17.4. The van der Waals surface area contributed by atoms with Gasteiger partial charge >= 0.3 is 5.97 Å². The molecule has 4 aromatic rings. The fourth-order valence-corrected chi connectivity index (χ4v) is 2.73. The fourth-order valence-electron chi connectivity index (χ4n) is 2.73. The number of nitrogens with one attached hydrogen (secondary N) is 1. The first-order valence-electron chi connectivity index (χ1n) is 7.82. The molecule has 0 unspecified atom stereocenters. The average molecular weight is 334 g/mol. The molecule has 0 amide bonds. The Hall–Kier alpha value is -3.48. The van der Waals surface area contributed by atoms with E-state index in [9.17, 15) is 9.59 Å². The van der Waals surface area contributed by atoms with Crippen LogP contribution in [-0.4, -0.2) is 32.6 Å². The van der Waals surface area contributed by atoms with Crippen molar-refractivity contribution in [3.05, 3.63) is 64.4 Å². The predicted molar refractivity (Wildman–Crippen MR) is 92.9 cm³/mol. The minimum atomic E-state index is -0.394. The molecule has 2 heterocycles. The number of ether oxygens (including phenoxy) is 1. The van der Waals surface area contributed by atoms with Gasteiger partial charge < -0.3 is 4.74 Å². The van der Waals surface area contributed by atoms with Crippen molar-refractivity contribution < 1.29 is 9.53 Å². The van der Waals surface area contributed by atoms with Crippen LogP contribution in [0.4, 0.5) is 0 Å². The Morgan fingerprint density at radius 2 is 1.88 bits per heavy atom. The van der Waals surface area contributed by atoms with E-state index < -0.39 is 5.97 Å². The Labute approximate surface area is 141 Å². The number of H-pyrrole nitrogens is 1. The number of hydrogen-bond acceptors (Lipinski definition) is 5. The van der Waals surface area contributed by atoms with Crippen molar-refractivity contribution in [2.45, 2.75) is 6.92 Å². The van der Waals surface area contributed by atoms with Gasteiger partial charge in [-0.3, -0.25) is 9.89 Å². The maximum Gasteiger partial charge on any atom is 0.338 e. The lowest BCUT2D eigenvalue weighted by Crippen LogP contribution is -2.15. The number of benzene rings is 2. The second-order valence-electron chi connectivity index (χ2n) is 5.46. The third-order valence-corrected chi connectivity index (χ3v) is 3.93. The van der Waals surface area contributed by atoms with E-state index in [1.54, 1.807) is 31.2 Å². The molecule has 0 aliphatic heterocycles. The van der Waals surface area contributed by atoms with Crippen molar-refractivity contribution in [1.29, 1.82) is 0 Å². The molecule has 7 heteroatoms. The topological polar surface area (TPSA) is 89.9 Å². The van der Waals surface area contributed by atoms with Crippen LogP contribution in [0.1, 0.15) is 17.3 Å². The second-order valence-corrected chi connectivity index (χ2v) is 5.46. The molecule has 0 aliphatic rings. The number of hydrogen-bond donors (Lipinski definition) is 1. The summed E-state index contributed by atoms with van der Waals surface area (Å²) in [6, 6.07) is 14.1. The smallest absolute Gasteiger partial charge is 0.338 e. The number of aromatic nitrogens is 4. The monoisotopic (exact) mass is 334 g/mol. The first kappa shape index (κ1) is 15.1. The fraction of sp³-hybridized carbons (Fsp3) is 0.111. The van der Waals surface area contributed by atoms with Crippen molar-refractivity contribution in [2.75, 3.05) is 6.61 Å². The molecule has 1 N–H and O–H groups in total. The number of carbonyl (C=O) groups excluding carboxylic acids is 1. The summed E-state index contributed by atoms with van der Waals surface area (Å²) in [5.74, 6) is -0.394. The van der Waals surface area contributed by atoms with E-state index in [0.29, 0.717) is 28.9 Å². The summed E-state index contributed by atoms with van der Waals surface area (Å²) in [7, 11) is 0. The van der Waals surface area contributed by atoms with Crippen molar-refractivity contribution in [2.24, 2.45) is 0 Å². The molecular formula is C18H14N4O3. The van der Waals surface area contributed by atoms with Crippen LogP contribution < -0.4 is 5.56 Å². The van der Waals surface area contributed by atoms with E-state index in [-0.39, 0.29) is 11.1 Å². The quantitative estimate of drug-likeness (QED) is 0.581. The molecule has 0 spiro atoms. The third-order valence-electron chi connectivity index (χ3n) is 3.93. The molecule has 0 fully saturated rings. The van der Waals surface area contributed by atoms with Gasteiger partial charge in [0.2, 0.25) is 0 Å². The van der Waals surface area contributed by atoms with Gasteiger partial charge in [-0.1, -0.05) is 18.2 Å². The number of esters is 1. The molecule has 0 radical (unpaired) electrons. The molecule has 0 saturated heterocycles. The lowest BCUT2D eigenvalue weighted by Gasteiger charge is -2.04. The minimum absolute atomic E-state index is 0.271. The normalized spacial score (nSPS) is 11.1. The Kier molecular flexibility index (Phi) is 3.53. The number of fused-ring (bicyclic) bond motifs is 3. The minimum Gasteiger partial charge on any atom is -0.462 e. The number of rotatable bonds is 3. The molecule has 0 saturated carbocycles. The zero-order valence-corrected chi connectivity index (χ0v) is 13.4. The molecule has 0 bridgehead atoms. The number of nitrogens with zero attached hydrogens (tertiary/aromatic N) is 3. The molecule has 7 nitrogen and oxygen atoms in total. The maximum atomic E-state index is 12.6. The van der Waals surface area contributed by atoms with Crippen molar-refractivity contribution >= 4 is 27.9 Å². The van der Waals surface area contributed by atoms with Gasteiger partial charge in [-0.2, -0.15) is 0 Å². The SMILES string of the molecule is CCOC(=O)c1ccc(-n2[nH]c3c(nnc4ccccc43)c2=O)cc1. The van der Waals surface area contributed by atoms with Crippen molar-refractivity contribution in [3.63, 3.8) is 0 Å². The van der Waals surface area contributed by atoms with E-state index in [1.807, 2.05) is 24.3 Å². The van der Waals surface area contributed by atoms with E-state index in [1.165, 1.54) is 4.68 Å². The molecule has 0 aliphatic carbocycles. The molecule has 25 heavy (non-hydrogen) atoms. The van der Waals surface area contributed by atoms with Crippen LogP contribution in [0.3, 0.4) is 0 Å². The largest absolute Gasteiger partial charge is 0.462 e. The van der Waals surface area contributed by atoms with Crippen LogP contribution in [0.2, 0.25) is 0 Å². The Morgan fingerprint density at radius 3 is 2.64 bits per heavy atom. The van der Waals surface area contributed by atoms with E-state index >= 15 is 0 Å². The van der Waals surface area contributed by atoms with Crippen molar-refractivity contribution in [1.82, 2.24) is 20.0 Å². The highest BCUT2D eigenvalue weighted by Gasteiger charge is 2.14. The highest BCUT2D eigenvalue weighted by Crippen LogP contribution is 2.19. The lowest BCUT2D eigenvalue weighted by atomic mass is 10.2. The van der Waals surface area contributed by atoms with Gasteiger partial charge in [-0.05, 0) is 37.3 Å². The number of carbonyl (C=O) groups is 1. The van der Waals surface area contributed by atoms with Crippen LogP contribution in [-0.2, 0) is 4.74 Å². The van der Waals surface area contributed by atoms with Crippen LogP contribution in [0.5, 0.6) is 0 Å². The van der Waals surface area contributed by atoms with Crippen LogP contribution in [0.25, 0.3) is 27.6 Å². The second kappa shape index (κ2) is 5.86. The Balaban J connectivity index is 1.84. The molecule has 2 aromatic heterocycles. The van der Waals surface area contributed by atoms with Gasteiger partial charge in [0.25, 0.3) is 5.56 Å².